The van der Waals surface area contributed by atoms with Crippen LogP contribution in [0, 0.1) is 5.41 Å². The van der Waals surface area contributed by atoms with Crippen molar-refractivity contribution in [3.8, 4) is 0 Å². The summed E-state index contributed by atoms with van der Waals surface area (Å²) in [6.45, 7) is 0. The van der Waals surface area contributed by atoms with E-state index < -0.39 is 29.2 Å². The third-order valence-electron chi connectivity index (χ3n) is 4.33. The molecule has 4 amide bonds. The molecular formula is C14H10N2O4. The Morgan fingerprint density at radius 1 is 1.00 bits per heavy atom. The molecule has 1 aromatic carbocycles. The van der Waals surface area contributed by atoms with Crippen molar-refractivity contribution in [1.29, 1.82) is 0 Å². The predicted octanol–water partition coefficient (Wildman–Crippen LogP) is 0.0878. The molecule has 0 aromatic heterocycles. The molecule has 2 fully saturated rings. The van der Waals surface area contributed by atoms with Crippen molar-refractivity contribution in [2.24, 2.45) is 5.41 Å². The van der Waals surface area contributed by atoms with Crippen molar-refractivity contribution in [3.05, 3.63) is 35.4 Å². The van der Waals surface area contributed by atoms with Crippen LogP contribution in [-0.4, -0.2) is 34.6 Å². The fourth-order valence-corrected chi connectivity index (χ4v) is 3.12. The molecule has 1 spiro atoms. The van der Waals surface area contributed by atoms with Crippen molar-refractivity contribution < 1.29 is 19.2 Å². The lowest BCUT2D eigenvalue weighted by Gasteiger charge is -2.23. The molecule has 2 heterocycles. The number of hydrogen-bond acceptors (Lipinski definition) is 4. The Morgan fingerprint density at radius 3 is 2.05 bits per heavy atom. The lowest BCUT2D eigenvalue weighted by Crippen LogP contribution is -2.48. The van der Waals surface area contributed by atoms with Crippen LogP contribution in [-0.2, 0) is 9.59 Å². The first-order chi connectivity index (χ1) is 9.56. The molecule has 100 valence electrons. The molecule has 20 heavy (non-hydrogen) atoms. The predicted molar refractivity (Wildman–Crippen MR) is 65.5 cm³/mol. The van der Waals surface area contributed by atoms with E-state index in [-0.39, 0.29) is 5.91 Å². The fourth-order valence-electron chi connectivity index (χ4n) is 3.12. The molecule has 1 unspecified atom stereocenters. The van der Waals surface area contributed by atoms with Crippen LogP contribution in [0.1, 0.15) is 33.6 Å². The summed E-state index contributed by atoms with van der Waals surface area (Å²) >= 11 is 0. The van der Waals surface area contributed by atoms with Crippen molar-refractivity contribution in [1.82, 2.24) is 10.2 Å². The molecule has 6 nitrogen and oxygen atoms in total. The average molecular weight is 270 g/mol. The average Bonchev–Trinajstić information content (AvgIpc) is 3.15. The second kappa shape index (κ2) is 3.33. The van der Waals surface area contributed by atoms with Gasteiger partial charge < -0.3 is 0 Å². The molecule has 3 aliphatic rings. The number of hydrogen-bond donors (Lipinski definition) is 1. The number of carbonyl (C=O) groups excluding carboxylic acids is 4. The Balaban J connectivity index is 1.82. The Kier molecular flexibility index (Phi) is 1.89. The molecule has 1 aliphatic carbocycles. The maximum Gasteiger partial charge on any atom is 0.262 e. The molecule has 4 rings (SSSR count). The number of rotatable bonds is 1. The number of amides is 4. The van der Waals surface area contributed by atoms with E-state index in [1.807, 2.05) is 0 Å². The molecular weight excluding hydrogens is 260 g/mol. The molecule has 1 aromatic rings. The highest BCUT2D eigenvalue weighted by Crippen LogP contribution is 2.54. The van der Waals surface area contributed by atoms with Gasteiger partial charge in [0.15, 0.2) is 0 Å². The van der Waals surface area contributed by atoms with E-state index in [0.29, 0.717) is 24.0 Å². The fraction of sp³-hybridized carbons (Fsp3) is 0.286. The maximum absolute atomic E-state index is 12.4. The van der Waals surface area contributed by atoms with Gasteiger partial charge in [-0.2, -0.15) is 0 Å². The molecule has 1 saturated heterocycles. The van der Waals surface area contributed by atoms with E-state index in [9.17, 15) is 19.2 Å². The van der Waals surface area contributed by atoms with E-state index in [4.69, 9.17) is 0 Å². The topological polar surface area (TPSA) is 83.6 Å². The van der Waals surface area contributed by atoms with Gasteiger partial charge in [0.05, 0.1) is 16.5 Å². The Morgan fingerprint density at radius 2 is 1.55 bits per heavy atom. The summed E-state index contributed by atoms with van der Waals surface area (Å²) < 4.78 is 0. The standard InChI is InChI=1S/C14H10N2O4/c17-10-9(14(5-6-14)13(20)15-10)16-11(18)7-3-1-2-4-8(7)12(16)19/h1-4,9H,5-6H2,(H,15,17,20). The molecule has 0 bridgehead atoms. The second-order valence-corrected chi connectivity index (χ2v) is 5.40. The van der Waals surface area contributed by atoms with Gasteiger partial charge in [-0.25, -0.2) is 0 Å². The quantitative estimate of drug-likeness (QED) is 0.733. The Bertz CT molecular complexity index is 670. The van der Waals surface area contributed by atoms with Crippen LogP contribution < -0.4 is 5.32 Å². The van der Waals surface area contributed by atoms with E-state index >= 15 is 0 Å². The first kappa shape index (κ1) is 11.3. The molecule has 1 atom stereocenters. The monoisotopic (exact) mass is 270 g/mol. The minimum Gasteiger partial charge on any atom is -0.294 e. The number of carbonyl (C=O) groups is 4. The third kappa shape index (κ3) is 1.14. The summed E-state index contributed by atoms with van der Waals surface area (Å²) in [4.78, 5) is 49.5. The van der Waals surface area contributed by atoms with Crippen LogP contribution in [0.4, 0.5) is 0 Å². The third-order valence-corrected chi connectivity index (χ3v) is 4.33. The van der Waals surface area contributed by atoms with Gasteiger partial charge in [0.25, 0.3) is 17.7 Å². The molecule has 2 aliphatic heterocycles. The number of fused-ring (bicyclic) bond motifs is 1. The van der Waals surface area contributed by atoms with E-state index in [0.717, 1.165) is 4.90 Å². The van der Waals surface area contributed by atoms with E-state index in [1.165, 1.54) is 0 Å². The normalized spacial score (nSPS) is 26.2. The summed E-state index contributed by atoms with van der Waals surface area (Å²) in [5.41, 5.74) is -0.300. The lowest BCUT2D eigenvalue weighted by atomic mass is 9.98. The van der Waals surface area contributed by atoms with E-state index in [2.05, 4.69) is 5.32 Å². The largest absolute Gasteiger partial charge is 0.294 e. The summed E-state index contributed by atoms with van der Waals surface area (Å²) in [5, 5.41) is 2.24. The lowest BCUT2D eigenvalue weighted by molar-refractivity contribution is -0.126. The molecule has 1 N–H and O–H groups in total. The summed E-state index contributed by atoms with van der Waals surface area (Å²) in [6, 6.07) is 5.45. The highest BCUT2D eigenvalue weighted by Gasteiger charge is 2.67. The van der Waals surface area contributed by atoms with Crippen LogP contribution in [0.5, 0.6) is 0 Å². The Labute approximate surface area is 113 Å². The zero-order valence-electron chi connectivity index (χ0n) is 10.4. The van der Waals surface area contributed by atoms with Crippen molar-refractivity contribution in [2.45, 2.75) is 18.9 Å². The summed E-state index contributed by atoms with van der Waals surface area (Å²) in [5.74, 6) is -1.91. The molecule has 1 saturated carbocycles. The van der Waals surface area contributed by atoms with Crippen molar-refractivity contribution in [2.75, 3.05) is 0 Å². The van der Waals surface area contributed by atoms with Gasteiger partial charge in [0.2, 0.25) is 5.91 Å². The number of benzene rings is 1. The zero-order valence-corrected chi connectivity index (χ0v) is 10.4. The SMILES string of the molecule is O=C1NC(=O)C2(CC2)C1N1C(=O)c2ccccc2C1=O. The van der Waals surface area contributed by atoms with Gasteiger partial charge >= 0.3 is 0 Å². The number of imide groups is 2. The second-order valence-electron chi connectivity index (χ2n) is 5.40. The van der Waals surface area contributed by atoms with Crippen molar-refractivity contribution >= 4 is 23.6 Å². The number of nitrogens with zero attached hydrogens (tertiary/aromatic N) is 1. The van der Waals surface area contributed by atoms with Crippen LogP contribution in [0.2, 0.25) is 0 Å². The van der Waals surface area contributed by atoms with Gasteiger partial charge in [-0.05, 0) is 25.0 Å². The maximum atomic E-state index is 12.4. The van der Waals surface area contributed by atoms with Crippen LogP contribution in [0.3, 0.4) is 0 Å². The van der Waals surface area contributed by atoms with Gasteiger partial charge in [-0.1, -0.05) is 12.1 Å². The van der Waals surface area contributed by atoms with Crippen LogP contribution >= 0.6 is 0 Å². The highest BCUT2D eigenvalue weighted by atomic mass is 16.2. The first-order valence-corrected chi connectivity index (χ1v) is 6.38. The first-order valence-electron chi connectivity index (χ1n) is 6.38. The highest BCUT2D eigenvalue weighted by molar-refractivity contribution is 6.25. The van der Waals surface area contributed by atoms with Gasteiger partial charge in [0, 0.05) is 0 Å². The zero-order chi connectivity index (χ0) is 14.1. The minimum atomic E-state index is -0.998. The Hall–Kier alpha value is -2.50. The van der Waals surface area contributed by atoms with Crippen LogP contribution in [0.25, 0.3) is 0 Å². The molecule has 6 heteroatoms. The molecule has 0 radical (unpaired) electrons. The smallest absolute Gasteiger partial charge is 0.262 e. The summed E-state index contributed by atoms with van der Waals surface area (Å²) in [6.07, 6.45) is 1.06. The van der Waals surface area contributed by atoms with Gasteiger partial charge in [-0.15, -0.1) is 0 Å². The van der Waals surface area contributed by atoms with Crippen molar-refractivity contribution in [3.63, 3.8) is 0 Å². The number of nitrogens with one attached hydrogen (secondary N) is 1. The summed E-state index contributed by atoms with van der Waals surface area (Å²) in [7, 11) is 0. The minimum absolute atomic E-state index is 0.292. The van der Waals surface area contributed by atoms with Gasteiger partial charge in [0.1, 0.15) is 6.04 Å². The van der Waals surface area contributed by atoms with E-state index in [1.54, 1.807) is 24.3 Å². The van der Waals surface area contributed by atoms with Crippen LogP contribution in [0.15, 0.2) is 24.3 Å². The van der Waals surface area contributed by atoms with Gasteiger partial charge in [-0.3, -0.25) is 29.4 Å².